The topological polar surface area (TPSA) is 698 Å². The number of carboxylic acid groups (broad SMARTS) is 3. The zero-order chi connectivity index (χ0) is 84.4. The Bertz CT molecular complexity index is 3610. The highest BCUT2D eigenvalue weighted by molar-refractivity contribution is 6.01. The minimum atomic E-state index is -2.18. The van der Waals surface area contributed by atoms with Gasteiger partial charge in [0.2, 0.25) is 82.7 Å². The molecule has 27 N–H and O–H groups in total. The Hall–Kier alpha value is -11.4. The number of benzene rings is 1. The van der Waals surface area contributed by atoms with Crippen molar-refractivity contribution in [3.8, 4) is 0 Å². The standard InChI is InChI=1S/C70H110N20O22/c1-33(2)26-44(82-57(99)40(71)16-12-24-77-70(74)75)62(104)83-45(27-34(3)4)61(103)81-43(20-23-52(95)96)59(101)85-48(30-53(97)98)64(106)80-41(18-21-50(72)93)58(100)79-42(19-22-51(73)94)60(102)87-54(35(5)6)67(109)86-47(29-39-31-76-32-78-39)63(105)84-46(28-38-14-10-9-11-15-38)65(107)88-55(36(7)91)68(110)90-25-13-17-49(90)66(108)89-56(37(8)92)69(111)112/h9-11,14-15,31-37,40-49,54-56,91-92H,12-13,16-30,71H2,1-8H3,(H2,72,93)(H2,73,94)(H,76,78)(H,79,100)(H,80,106)(H,81,103)(H,82,99)(H,83,104)(H,84,105)(H,85,101)(H,86,109)(H,87,102)(H,88,107)(H,89,108)(H,95,96)(H,97,98)(H,111,112)(H4,74,75,77)/t36-,37-,40+,41+,42+,43+,44+,45+,46+,47+,48+,49+,54+,55+,56+/m1/s1. The van der Waals surface area contributed by atoms with E-state index < -0.39 is 242 Å². The van der Waals surface area contributed by atoms with Crippen LogP contribution in [0.3, 0.4) is 0 Å². The predicted molar refractivity (Wildman–Crippen MR) is 397 cm³/mol. The number of aliphatic carboxylic acids is 3. The van der Waals surface area contributed by atoms with Crippen LogP contribution >= 0.6 is 0 Å². The zero-order valence-corrected chi connectivity index (χ0v) is 63.9. The van der Waals surface area contributed by atoms with E-state index in [1.54, 1.807) is 58.0 Å². The first-order chi connectivity index (χ1) is 52.5. The summed E-state index contributed by atoms with van der Waals surface area (Å²) < 4.78 is 0. The fourth-order valence-corrected chi connectivity index (χ4v) is 11.7. The molecule has 14 amide bonds. The highest BCUT2D eigenvalue weighted by Crippen LogP contribution is 2.21. The van der Waals surface area contributed by atoms with Crippen LogP contribution in [0.25, 0.3) is 0 Å². The van der Waals surface area contributed by atoms with Gasteiger partial charge in [0, 0.05) is 57.1 Å². The fraction of sp³-hybridized carbons (Fsp3) is 0.614. The molecule has 42 heteroatoms. The van der Waals surface area contributed by atoms with Crippen LogP contribution < -0.4 is 87.2 Å². The van der Waals surface area contributed by atoms with Crippen molar-refractivity contribution in [2.75, 3.05) is 13.1 Å². The highest BCUT2D eigenvalue weighted by atomic mass is 16.4. The van der Waals surface area contributed by atoms with E-state index in [-0.39, 0.29) is 81.5 Å². The van der Waals surface area contributed by atoms with Gasteiger partial charge in [-0.3, -0.25) is 81.7 Å². The molecule has 622 valence electrons. The lowest BCUT2D eigenvalue weighted by Gasteiger charge is -2.32. The Kier molecular flexibility index (Phi) is 39.7. The van der Waals surface area contributed by atoms with Gasteiger partial charge >= 0.3 is 17.9 Å². The van der Waals surface area contributed by atoms with Gasteiger partial charge in [0.05, 0.1) is 31.0 Å². The summed E-state index contributed by atoms with van der Waals surface area (Å²) in [5, 5.41) is 76.9. The van der Waals surface area contributed by atoms with Crippen LogP contribution in [0.1, 0.15) is 150 Å². The molecule has 42 nitrogen and oxygen atoms in total. The van der Waals surface area contributed by atoms with Crippen molar-refractivity contribution in [1.82, 2.24) is 73.4 Å². The van der Waals surface area contributed by atoms with Crippen molar-refractivity contribution in [3.05, 3.63) is 54.1 Å². The van der Waals surface area contributed by atoms with Gasteiger partial charge in [0.15, 0.2) is 12.0 Å². The Labute approximate surface area is 645 Å². The number of carboxylic acids is 3. The van der Waals surface area contributed by atoms with Gasteiger partial charge in [-0.25, -0.2) is 9.78 Å². The molecule has 2 aromatic rings. The molecule has 0 unspecified atom stereocenters. The molecule has 2 heterocycles. The second-order valence-electron chi connectivity index (χ2n) is 28.5. The first-order valence-corrected chi connectivity index (χ1v) is 36.6. The fourth-order valence-electron chi connectivity index (χ4n) is 11.7. The summed E-state index contributed by atoms with van der Waals surface area (Å²) in [6.07, 6.45) is -5.97. The number of aliphatic hydroxyl groups is 2. The van der Waals surface area contributed by atoms with Crippen LogP contribution in [0.5, 0.6) is 0 Å². The summed E-state index contributed by atoms with van der Waals surface area (Å²) in [6.45, 7) is 12.2. The molecule has 1 aliphatic heterocycles. The summed E-state index contributed by atoms with van der Waals surface area (Å²) >= 11 is 0. The Morgan fingerprint density at radius 3 is 1.41 bits per heavy atom. The first kappa shape index (κ1) is 94.8. The van der Waals surface area contributed by atoms with Crippen LogP contribution in [0, 0.1) is 17.8 Å². The summed E-state index contributed by atoms with van der Waals surface area (Å²) in [6, 6.07) is -13.3. The molecule has 0 bridgehead atoms. The highest BCUT2D eigenvalue weighted by Gasteiger charge is 2.43. The number of guanidine groups is 1. The number of nitrogens with two attached hydrogens (primary N) is 5. The van der Waals surface area contributed by atoms with Gasteiger partial charge in [-0.15, -0.1) is 0 Å². The molecule has 112 heavy (non-hydrogen) atoms. The van der Waals surface area contributed by atoms with Crippen molar-refractivity contribution in [3.63, 3.8) is 0 Å². The average molecular weight is 1580 g/mol. The molecular weight excluding hydrogens is 1470 g/mol. The number of amides is 14. The van der Waals surface area contributed by atoms with Gasteiger partial charge < -0.3 is 123 Å². The van der Waals surface area contributed by atoms with E-state index in [1.807, 2.05) is 0 Å². The zero-order valence-electron chi connectivity index (χ0n) is 63.9. The van der Waals surface area contributed by atoms with E-state index in [0.29, 0.717) is 12.0 Å². The number of aliphatic imine (C=N–C) groups is 1. The first-order valence-electron chi connectivity index (χ1n) is 36.6. The second kappa shape index (κ2) is 46.9. The molecule has 1 aromatic carbocycles. The molecule has 0 saturated carbocycles. The third-order valence-corrected chi connectivity index (χ3v) is 17.6. The van der Waals surface area contributed by atoms with Crippen molar-refractivity contribution < 1.29 is 107 Å². The Morgan fingerprint density at radius 2 is 0.946 bits per heavy atom. The number of carbonyl (C=O) groups is 17. The monoisotopic (exact) mass is 1580 g/mol. The minimum absolute atomic E-state index is 0.0430. The van der Waals surface area contributed by atoms with Gasteiger partial charge in [-0.1, -0.05) is 71.9 Å². The number of aliphatic hydroxyl groups excluding tert-OH is 2. The molecule has 1 fully saturated rings. The summed E-state index contributed by atoms with van der Waals surface area (Å²) in [5.41, 5.74) is 28.5. The second-order valence-corrected chi connectivity index (χ2v) is 28.5. The summed E-state index contributed by atoms with van der Waals surface area (Å²) in [7, 11) is 0. The normalized spacial score (nSPS) is 16.3. The SMILES string of the molecule is CC(C)C[C@H](NC(=O)[C@H](CC(C)C)NC(=O)[C@@H](N)CCCN=C(N)N)C(=O)N[C@@H](CCC(=O)O)C(=O)N[C@@H](CC(=O)O)C(=O)N[C@@H](CCC(N)=O)C(=O)N[C@@H](CCC(N)=O)C(=O)N[C@H](C(=O)N[C@@H](Cc1cnc[nH]1)C(=O)N[C@@H](Cc1ccccc1)C(=O)N[C@H](C(=O)N1CCC[C@H]1C(=O)N[C@H](C(=O)O)[C@@H](C)O)[C@@H](C)O)C(C)C. The number of likely N-dealkylation sites (tertiary alicyclic amines) is 1. The molecule has 1 aliphatic rings. The van der Waals surface area contributed by atoms with Crippen molar-refractivity contribution in [2.45, 2.75) is 242 Å². The number of nitrogens with one attached hydrogen (secondary N) is 12. The van der Waals surface area contributed by atoms with E-state index in [9.17, 15) is 107 Å². The molecule has 1 saturated heterocycles. The Morgan fingerprint density at radius 1 is 0.509 bits per heavy atom. The average Bonchev–Trinajstić information content (AvgIpc) is 1.64. The van der Waals surface area contributed by atoms with Gasteiger partial charge in [-0.05, 0) is 95.0 Å². The maximum absolute atomic E-state index is 14.7. The minimum Gasteiger partial charge on any atom is -0.481 e. The molecule has 0 radical (unpaired) electrons. The van der Waals surface area contributed by atoms with E-state index in [1.165, 1.54) is 33.3 Å². The summed E-state index contributed by atoms with van der Waals surface area (Å²) in [5.74, 6) is -21.4. The molecule has 1 aromatic heterocycles. The molecular formula is C70H110N20O22. The number of nitrogens with zero attached hydrogens (tertiary/aromatic N) is 3. The van der Waals surface area contributed by atoms with E-state index in [0.717, 1.165) is 11.8 Å². The van der Waals surface area contributed by atoms with Crippen LogP contribution in [0.2, 0.25) is 0 Å². The lowest BCUT2D eigenvalue weighted by molar-refractivity contribution is -0.148. The number of carbonyl (C=O) groups excluding carboxylic acids is 14. The molecule has 0 spiro atoms. The van der Waals surface area contributed by atoms with Crippen molar-refractivity contribution in [1.29, 1.82) is 0 Å². The lowest BCUT2D eigenvalue weighted by atomic mass is 9.99. The number of imidazole rings is 1. The van der Waals surface area contributed by atoms with E-state index in [2.05, 4.69) is 73.4 Å². The predicted octanol–water partition coefficient (Wildman–Crippen LogP) is -6.64. The number of aromatic nitrogens is 2. The number of primary amides is 2. The number of rotatable bonds is 50. The van der Waals surface area contributed by atoms with Crippen LogP contribution in [-0.4, -0.2) is 251 Å². The van der Waals surface area contributed by atoms with Gasteiger partial charge in [-0.2, -0.15) is 0 Å². The number of hydrogen-bond donors (Lipinski definition) is 22. The maximum atomic E-state index is 14.7. The number of H-pyrrole nitrogens is 1. The number of aromatic amines is 1. The number of hydrogen-bond acceptors (Lipinski definition) is 22. The third-order valence-electron chi connectivity index (χ3n) is 17.6. The third kappa shape index (κ3) is 33.4. The molecule has 0 aliphatic carbocycles. The lowest BCUT2D eigenvalue weighted by Crippen LogP contribution is -2.62. The molecule has 15 atom stereocenters. The largest absolute Gasteiger partial charge is 0.481 e. The summed E-state index contributed by atoms with van der Waals surface area (Å²) in [4.78, 5) is 243. The Balaban J connectivity index is 1.97. The maximum Gasteiger partial charge on any atom is 0.328 e. The van der Waals surface area contributed by atoms with Gasteiger partial charge in [0.25, 0.3) is 0 Å². The van der Waals surface area contributed by atoms with Crippen LogP contribution in [0.15, 0.2) is 47.8 Å². The van der Waals surface area contributed by atoms with Crippen molar-refractivity contribution >= 4 is 107 Å². The van der Waals surface area contributed by atoms with Crippen molar-refractivity contribution in [2.24, 2.45) is 51.4 Å². The molecule has 3 rings (SSSR count). The van der Waals surface area contributed by atoms with E-state index in [4.69, 9.17) is 28.7 Å². The smallest absolute Gasteiger partial charge is 0.328 e. The van der Waals surface area contributed by atoms with Crippen LogP contribution in [-0.2, 0) is 94.3 Å². The quantitative estimate of drug-likeness (QED) is 0.0166. The van der Waals surface area contributed by atoms with Crippen LogP contribution in [0.4, 0.5) is 0 Å². The van der Waals surface area contributed by atoms with Gasteiger partial charge in [0.1, 0.15) is 66.5 Å². The van der Waals surface area contributed by atoms with E-state index >= 15 is 0 Å².